The largest absolute Gasteiger partial charge is 0.354 e. The third kappa shape index (κ3) is 5.50. The molecule has 1 fully saturated rings. The van der Waals surface area contributed by atoms with Crippen molar-refractivity contribution in [3.8, 4) is 0 Å². The average molecular weight is 429 g/mol. The van der Waals surface area contributed by atoms with Crippen LogP contribution >= 0.6 is 23.7 Å². The van der Waals surface area contributed by atoms with Crippen LogP contribution in [0.15, 0.2) is 52.3 Å². The van der Waals surface area contributed by atoms with Crippen LogP contribution in [0.4, 0.5) is 11.4 Å². The maximum Gasteiger partial charge on any atom is 0.0529 e. The van der Waals surface area contributed by atoms with Crippen molar-refractivity contribution in [3.63, 3.8) is 0 Å². The molecule has 0 amide bonds. The molecule has 156 valence electrons. The van der Waals surface area contributed by atoms with E-state index in [1.165, 1.54) is 59.3 Å². The first-order valence-corrected chi connectivity index (χ1v) is 12.2. The van der Waals surface area contributed by atoms with Crippen molar-refractivity contribution in [3.05, 3.63) is 48.0 Å². The first-order chi connectivity index (χ1) is 14.1. The number of para-hydroxylation sites is 1. The normalized spacial score (nSPS) is 18.2. The Bertz CT molecular complexity index is 818. The Labute approximate surface area is 184 Å². The molecule has 1 N–H and O–H groups in total. The molecular formula is C23H32N4S2. The van der Waals surface area contributed by atoms with Crippen molar-refractivity contribution in [2.24, 2.45) is 0 Å². The van der Waals surface area contributed by atoms with E-state index in [1.54, 1.807) is 0 Å². The highest BCUT2D eigenvalue weighted by molar-refractivity contribution is 7.99. The molecule has 2 aromatic rings. The van der Waals surface area contributed by atoms with Gasteiger partial charge < -0.3 is 15.1 Å². The minimum atomic E-state index is 0.463. The molecule has 0 spiro atoms. The van der Waals surface area contributed by atoms with E-state index in [0.717, 1.165) is 13.1 Å². The second-order valence-electron chi connectivity index (χ2n) is 8.15. The molecule has 1 unspecified atom stereocenters. The lowest BCUT2D eigenvalue weighted by atomic mass is 10.1. The van der Waals surface area contributed by atoms with Crippen LogP contribution in [0.5, 0.6) is 0 Å². The summed E-state index contributed by atoms with van der Waals surface area (Å²) in [5.41, 5.74) is 3.85. The van der Waals surface area contributed by atoms with E-state index in [1.807, 2.05) is 23.7 Å². The van der Waals surface area contributed by atoms with Crippen LogP contribution < -0.4 is 5.32 Å². The lowest BCUT2D eigenvalue weighted by Gasteiger charge is -2.35. The first-order valence-electron chi connectivity index (χ1n) is 10.5. The van der Waals surface area contributed by atoms with E-state index in [0.29, 0.717) is 5.25 Å². The third-order valence-corrected chi connectivity index (χ3v) is 7.97. The number of piperazine rings is 1. The van der Waals surface area contributed by atoms with Gasteiger partial charge in [-0.1, -0.05) is 41.9 Å². The Morgan fingerprint density at radius 3 is 2.59 bits per heavy atom. The van der Waals surface area contributed by atoms with Crippen LogP contribution in [0.25, 0.3) is 0 Å². The number of rotatable bonds is 7. The Morgan fingerprint density at radius 1 is 1.03 bits per heavy atom. The molecule has 6 heteroatoms. The fourth-order valence-corrected chi connectivity index (χ4v) is 5.92. The summed E-state index contributed by atoms with van der Waals surface area (Å²) in [6, 6.07) is 15.5. The maximum absolute atomic E-state index is 3.62. The van der Waals surface area contributed by atoms with Gasteiger partial charge in [-0.2, -0.15) is 0 Å². The number of fused-ring (bicyclic) bond motifs is 2. The maximum atomic E-state index is 3.62. The Balaban J connectivity index is 1.29. The SMILES string of the molecule is CC(SN1CCN(CCCN(C)C)CC1)c1ccc2c(c1)Nc1ccccc1S2. The number of hydrogen-bond donors (Lipinski definition) is 1. The summed E-state index contributed by atoms with van der Waals surface area (Å²) in [4.78, 5) is 7.51. The zero-order valence-electron chi connectivity index (χ0n) is 17.7. The molecule has 1 atom stereocenters. The van der Waals surface area contributed by atoms with E-state index in [-0.39, 0.29) is 0 Å². The topological polar surface area (TPSA) is 21.8 Å². The summed E-state index contributed by atoms with van der Waals surface area (Å²) < 4.78 is 2.56. The van der Waals surface area contributed by atoms with Gasteiger partial charge in [0.2, 0.25) is 0 Å². The van der Waals surface area contributed by atoms with E-state index in [4.69, 9.17) is 0 Å². The molecule has 0 radical (unpaired) electrons. The van der Waals surface area contributed by atoms with Crippen LogP contribution in [0.2, 0.25) is 0 Å². The number of hydrogen-bond acceptors (Lipinski definition) is 6. The summed E-state index contributed by atoms with van der Waals surface area (Å²) in [7, 11) is 4.31. The van der Waals surface area contributed by atoms with Gasteiger partial charge >= 0.3 is 0 Å². The van der Waals surface area contributed by atoms with Crippen molar-refractivity contribution >= 4 is 35.1 Å². The first kappa shape index (κ1) is 21.1. The quantitative estimate of drug-likeness (QED) is 0.520. The summed E-state index contributed by atoms with van der Waals surface area (Å²) in [5, 5.41) is 4.08. The van der Waals surface area contributed by atoms with Gasteiger partial charge in [0.15, 0.2) is 0 Å². The van der Waals surface area contributed by atoms with Gasteiger partial charge in [-0.05, 0) is 70.4 Å². The summed E-state index contributed by atoms with van der Waals surface area (Å²) in [6.45, 7) is 9.42. The minimum Gasteiger partial charge on any atom is -0.354 e. The highest BCUT2D eigenvalue weighted by atomic mass is 32.2. The van der Waals surface area contributed by atoms with Crippen LogP contribution in [-0.2, 0) is 0 Å². The molecule has 0 aliphatic carbocycles. The van der Waals surface area contributed by atoms with Crippen molar-refractivity contribution in [1.82, 2.24) is 14.1 Å². The zero-order valence-corrected chi connectivity index (χ0v) is 19.4. The molecule has 29 heavy (non-hydrogen) atoms. The molecule has 4 rings (SSSR count). The molecule has 4 nitrogen and oxygen atoms in total. The van der Waals surface area contributed by atoms with Gasteiger partial charge in [-0.15, -0.1) is 0 Å². The number of nitrogens with one attached hydrogen (secondary N) is 1. The monoisotopic (exact) mass is 428 g/mol. The van der Waals surface area contributed by atoms with Crippen LogP contribution in [-0.4, -0.2) is 67.5 Å². The Kier molecular flexibility index (Phi) is 7.08. The second kappa shape index (κ2) is 9.75. The fraction of sp³-hybridized carbons (Fsp3) is 0.478. The molecule has 2 aromatic carbocycles. The Hall–Kier alpha value is -1.18. The van der Waals surface area contributed by atoms with Crippen LogP contribution in [0.1, 0.15) is 24.2 Å². The van der Waals surface area contributed by atoms with Gasteiger partial charge in [0.25, 0.3) is 0 Å². The molecule has 0 bridgehead atoms. The van der Waals surface area contributed by atoms with E-state index in [9.17, 15) is 0 Å². The van der Waals surface area contributed by atoms with Gasteiger partial charge in [0.1, 0.15) is 0 Å². The van der Waals surface area contributed by atoms with Crippen molar-refractivity contribution in [1.29, 1.82) is 0 Å². The minimum absolute atomic E-state index is 0.463. The number of benzene rings is 2. The third-order valence-electron chi connectivity index (χ3n) is 5.57. The molecule has 0 aromatic heterocycles. The Morgan fingerprint density at radius 2 is 1.79 bits per heavy atom. The van der Waals surface area contributed by atoms with Crippen LogP contribution in [0, 0.1) is 0 Å². The highest BCUT2D eigenvalue weighted by Crippen LogP contribution is 2.45. The predicted molar refractivity (Wildman–Crippen MR) is 127 cm³/mol. The molecule has 1 saturated heterocycles. The van der Waals surface area contributed by atoms with E-state index in [2.05, 4.69) is 82.9 Å². The summed E-state index contributed by atoms with van der Waals surface area (Å²) in [5.74, 6) is 0. The van der Waals surface area contributed by atoms with Crippen molar-refractivity contribution in [2.45, 2.75) is 28.4 Å². The summed E-state index contributed by atoms with van der Waals surface area (Å²) in [6.07, 6.45) is 1.26. The highest BCUT2D eigenvalue weighted by Gasteiger charge is 2.21. The molecule has 2 heterocycles. The predicted octanol–water partition coefficient (Wildman–Crippen LogP) is 5.17. The van der Waals surface area contributed by atoms with Crippen molar-refractivity contribution in [2.75, 3.05) is 58.7 Å². The lowest BCUT2D eigenvalue weighted by molar-refractivity contribution is 0.188. The van der Waals surface area contributed by atoms with Crippen molar-refractivity contribution < 1.29 is 0 Å². The van der Waals surface area contributed by atoms with Crippen LogP contribution in [0.3, 0.4) is 0 Å². The zero-order chi connectivity index (χ0) is 20.2. The smallest absolute Gasteiger partial charge is 0.0529 e. The average Bonchev–Trinajstić information content (AvgIpc) is 2.72. The lowest BCUT2D eigenvalue weighted by Crippen LogP contribution is -2.44. The van der Waals surface area contributed by atoms with E-state index >= 15 is 0 Å². The van der Waals surface area contributed by atoms with Gasteiger partial charge in [-0.3, -0.25) is 0 Å². The number of anilines is 2. The second-order valence-corrected chi connectivity index (χ2v) is 10.7. The standard InChI is InChI=1S/C23H32N4S2/c1-18(29-27-15-13-26(14-16-27)12-6-11-25(2)3)19-9-10-23-21(17-19)24-20-7-4-5-8-22(20)28-23/h4-5,7-10,17-18,24H,6,11-16H2,1-3H3. The van der Waals surface area contributed by atoms with Gasteiger partial charge in [0, 0.05) is 41.2 Å². The number of nitrogens with zero attached hydrogens (tertiary/aromatic N) is 3. The summed E-state index contributed by atoms with van der Waals surface area (Å²) >= 11 is 3.86. The van der Waals surface area contributed by atoms with Gasteiger partial charge in [0.05, 0.1) is 11.4 Å². The molecule has 2 aliphatic heterocycles. The molecule has 2 aliphatic rings. The molecular weight excluding hydrogens is 396 g/mol. The van der Waals surface area contributed by atoms with E-state index < -0.39 is 0 Å². The fourth-order valence-electron chi connectivity index (χ4n) is 3.86. The van der Waals surface area contributed by atoms with Gasteiger partial charge in [-0.25, -0.2) is 4.31 Å². The molecule has 0 saturated carbocycles.